The van der Waals surface area contributed by atoms with Crippen LogP contribution in [0.15, 0.2) is 40.2 Å². The normalized spacial score (nSPS) is 18.9. The van der Waals surface area contributed by atoms with E-state index in [2.05, 4.69) is 51.5 Å². The maximum Gasteiger partial charge on any atom is 0.194 e. The molecule has 0 aliphatic carbocycles. The molecule has 20 heavy (non-hydrogen) atoms. The van der Waals surface area contributed by atoms with Crippen LogP contribution in [0.25, 0.3) is 0 Å². The Labute approximate surface area is 125 Å². The van der Waals surface area contributed by atoms with Gasteiger partial charge in [-0.2, -0.15) is 0 Å². The molecule has 1 aliphatic rings. The van der Waals surface area contributed by atoms with Crippen molar-refractivity contribution >= 4 is 17.7 Å². The van der Waals surface area contributed by atoms with Gasteiger partial charge in [-0.15, -0.1) is 18.2 Å². The molecule has 1 fully saturated rings. The fraction of sp³-hybridized carbons (Fsp3) is 0.438. The first-order valence-corrected chi connectivity index (χ1v) is 7.89. The lowest BCUT2D eigenvalue weighted by Crippen LogP contribution is -2.40. The first-order valence-electron chi connectivity index (χ1n) is 6.90. The van der Waals surface area contributed by atoms with Crippen LogP contribution in [0.1, 0.15) is 6.42 Å². The van der Waals surface area contributed by atoms with E-state index in [1.165, 1.54) is 11.3 Å². The number of benzene rings is 1. The van der Waals surface area contributed by atoms with Crippen molar-refractivity contribution in [1.29, 1.82) is 0 Å². The summed E-state index contributed by atoms with van der Waals surface area (Å²) in [6.45, 7) is 2.65. The van der Waals surface area contributed by atoms with E-state index in [9.17, 15) is 0 Å². The molecular weight excluding hydrogens is 266 g/mol. The van der Waals surface area contributed by atoms with Gasteiger partial charge in [0.25, 0.3) is 0 Å². The monoisotopic (exact) mass is 287 g/mol. The highest BCUT2D eigenvalue weighted by atomic mass is 32.2. The molecule has 1 heterocycles. The Bertz CT molecular complexity index is 478. The topological polar surface area (TPSA) is 27.6 Å². The molecule has 2 rings (SSSR count). The Hall–Kier alpha value is -1.60. The fourth-order valence-electron chi connectivity index (χ4n) is 2.35. The largest absolute Gasteiger partial charge is 0.345 e. The summed E-state index contributed by atoms with van der Waals surface area (Å²) in [5.74, 6) is 5.39. The molecule has 0 spiro atoms. The van der Waals surface area contributed by atoms with Gasteiger partial charge in [-0.25, -0.2) is 0 Å². The average Bonchev–Trinajstić information content (AvgIpc) is 2.96. The molecule has 1 saturated heterocycles. The molecule has 1 unspecified atom stereocenters. The summed E-state index contributed by atoms with van der Waals surface area (Å²) in [5, 5.41) is 3.19. The van der Waals surface area contributed by atoms with Crippen LogP contribution >= 0.6 is 11.8 Å². The van der Waals surface area contributed by atoms with E-state index in [-0.39, 0.29) is 0 Å². The lowest BCUT2D eigenvalue weighted by molar-refractivity contribution is 0.478. The zero-order valence-electron chi connectivity index (χ0n) is 11.9. The van der Waals surface area contributed by atoms with Crippen molar-refractivity contribution in [2.45, 2.75) is 11.3 Å². The molecule has 0 bridgehead atoms. The van der Waals surface area contributed by atoms with Gasteiger partial charge in [-0.05, 0) is 24.5 Å². The molecule has 0 aromatic heterocycles. The summed E-state index contributed by atoms with van der Waals surface area (Å²) in [6.07, 6.45) is 6.50. The summed E-state index contributed by atoms with van der Waals surface area (Å²) in [6, 6.07) is 10.6. The van der Waals surface area contributed by atoms with Crippen LogP contribution in [0, 0.1) is 18.3 Å². The number of hydrogen-bond donors (Lipinski definition) is 1. The Morgan fingerprint density at radius 2 is 2.30 bits per heavy atom. The van der Waals surface area contributed by atoms with Gasteiger partial charge in [0.2, 0.25) is 0 Å². The zero-order valence-corrected chi connectivity index (χ0v) is 12.7. The Kier molecular flexibility index (Phi) is 5.82. The van der Waals surface area contributed by atoms with Crippen LogP contribution in [0.5, 0.6) is 0 Å². The summed E-state index contributed by atoms with van der Waals surface area (Å²) >= 11 is 1.94. The Morgan fingerprint density at radius 1 is 1.50 bits per heavy atom. The SMILES string of the molecule is C#CCNC(=NC)N1CCC(CSc2ccccc2)C1. The third-order valence-corrected chi connectivity index (χ3v) is 4.62. The van der Waals surface area contributed by atoms with Crippen LogP contribution in [0.4, 0.5) is 0 Å². The first kappa shape index (κ1) is 14.8. The molecule has 106 valence electrons. The van der Waals surface area contributed by atoms with Gasteiger partial charge in [-0.3, -0.25) is 4.99 Å². The van der Waals surface area contributed by atoms with Crippen molar-refractivity contribution in [3.63, 3.8) is 0 Å². The number of aliphatic imine (C=N–C) groups is 1. The van der Waals surface area contributed by atoms with Crippen molar-refractivity contribution in [2.24, 2.45) is 10.9 Å². The minimum absolute atomic E-state index is 0.534. The van der Waals surface area contributed by atoms with E-state index < -0.39 is 0 Å². The van der Waals surface area contributed by atoms with Gasteiger partial charge in [0, 0.05) is 30.8 Å². The number of hydrogen-bond acceptors (Lipinski definition) is 2. The molecule has 3 nitrogen and oxygen atoms in total. The molecule has 0 amide bonds. The quantitative estimate of drug-likeness (QED) is 0.398. The van der Waals surface area contributed by atoms with Crippen molar-refractivity contribution in [3.8, 4) is 12.3 Å². The Morgan fingerprint density at radius 3 is 3.00 bits per heavy atom. The number of likely N-dealkylation sites (tertiary alicyclic amines) is 1. The molecule has 1 N–H and O–H groups in total. The highest BCUT2D eigenvalue weighted by Crippen LogP contribution is 2.25. The number of guanidine groups is 1. The van der Waals surface area contributed by atoms with Gasteiger partial charge in [0.05, 0.1) is 6.54 Å². The highest BCUT2D eigenvalue weighted by molar-refractivity contribution is 7.99. The van der Waals surface area contributed by atoms with E-state index in [1.54, 1.807) is 0 Å². The van der Waals surface area contributed by atoms with Crippen LogP contribution in [-0.4, -0.2) is 43.3 Å². The van der Waals surface area contributed by atoms with Gasteiger partial charge in [-0.1, -0.05) is 24.1 Å². The van der Waals surface area contributed by atoms with Crippen molar-refractivity contribution in [2.75, 3.05) is 32.4 Å². The van der Waals surface area contributed by atoms with Crippen molar-refractivity contribution < 1.29 is 0 Å². The van der Waals surface area contributed by atoms with Gasteiger partial charge < -0.3 is 10.2 Å². The smallest absolute Gasteiger partial charge is 0.194 e. The second-order valence-corrected chi connectivity index (χ2v) is 5.92. The highest BCUT2D eigenvalue weighted by Gasteiger charge is 2.24. The number of terminal acetylenes is 1. The standard InChI is InChI=1S/C16H21N3S/c1-3-10-18-16(17-2)19-11-9-14(12-19)13-20-15-7-5-4-6-8-15/h1,4-8,14H,9-13H2,2H3,(H,17,18). The number of nitrogens with one attached hydrogen (secondary N) is 1. The number of nitrogens with zero attached hydrogens (tertiary/aromatic N) is 2. The molecule has 0 saturated carbocycles. The third-order valence-electron chi connectivity index (χ3n) is 3.37. The van der Waals surface area contributed by atoms with Crippen LogP contribution in [0.2, 0.25) is 0 Å². The van der Waals surface area contributed by atoms with Crippen LogP contribution in [-0.2, 0) is 0 Å². The van der Waals surface area contributed by atoms with Crippen molar-refractivity contribution in [1.82, 2.24) is 10.2 Å². The minimum Gasteiger partial charge on any atom is -0.345 e. The van der Waals surface area contributed by atoms with E-state index >= 15 is 0 Å². The fourth-order valence-corrected chi connectivity index (χ4v) is 3.40. The predicted molar refractivity (Wildman–Crippen MR) is 87.0 cm³/mol. The molecule has 1 aliphatic heterocycles. The zero-order chi connectivity index (χ0) is 14.2. The second kappa shape index (κ2) is 7.86. The van der Waals surface area contributed by atoms with E-state index in [1.807, 2.05) is 18.8 Å². The predicted octanol–water partition coefficient (Wildman–Crippen LogP) is 2.31. The molecule has 1 aromatic carbocycles. The lowest BCUT2D eigenvalue weighted by Gasteiger charge is -2.20. The van der Waals surface area contributed by atoms with E-state index in [4.69, 9.17) is 6.42 Å². The summed E-state index contributed by atoms with van der Waals surface area (Å²) in [5.41, 5.74) is 0. The molecular formula is C16H21N3S. The number of thioether (sulfide) groups is 1. The summed E-state index contributed by atoms with van der Waals surface area (Å²) in [4.78, 5) is 7.94. The van der Waals surface area contributed by atoms with E-state index in [0.29, 0.717) is 12.5 Å². The van der Waals surface area contributed by atoms with Crippen molar-refractivity contribution in [3.05, 3.63) is 30.3 Å². The van der Waals surface area contributed by atoms with Crippen LogP contribution in [0.3, 0.4) is 0 Å². The molecule has 4 heteroatoms. The maximum atomic E-state index is 5.28. The summed E-state index contributed by atoms with van der Waals surface area (Å²) in [7, 11) is 1.81. The summed E-state index contributed by atoms with van der Waals surface area (Å²) < 4.78 is 0. The van der Waals surface area contributed by atoms with Crippen LogP contribution < -0.4 is 5.32 Å². The molecule has 0 radical (unpaired) electrons. The first-order chi connectivity index (χ1) is 9.83. The number of rotatable bonds is 4. The minimum atomic E-state index is 0.534. The lowest BCUT2D eigenvalue weighted by atomic mass is 10.2. The third kappa shape index (κ3) is 4.21. The maximum absolute atomic E-state index is 5.28. The Balaban J connectivity index is 1.79. The van der Waals surface area contributed by atoms with Gasteiger partial charge in [0.1, 0.15) is 0 Å². The van der Waals surface area contributed by atoms with Gasteiger partial charge >= 0.3 is 0 Å². The van der Waals surface area contributed by atoms with Gasteiger partial charge in [0.15, 0.2) is 5.96 Å². The molecule has 1 atom stereocenters. The average molecular weight is 287 g/mol. The van der Waals surface area contributed by atoms with E-state index in [0.717, 1.165) is 24.8 Å². The molecule has 1 aromatic rings. The second-order valence-electron chi connectivity index (χ2n) is 4.83.